The van der Waals surface area contributed by atoms with Gasteiger partial charge in [-0.15, -0.1) is 0 Å². The van der Waals surface area contributed by atoms with Crippen LogP contribution in [0.5, 0.6) is 11.5 Å². The number of ether oxygens (including phenoxy) is 2. The topological polar surface area (TPSA) is 65.4 Å². The maximum atomic E-state index is 13.4. The highest BCUT2D eigenvalue weighted by Crippen LogP contribution is 2.29. The first kappa shape index (κ1) is 20.4. The summed E-state index contributed by atoms with van der Waals surface area (Å²) in [7, 11) is 3.04. The van der Waals surface area contributed by atoms with E-state index in [-0.39, 0.29) is 17.1 Å². The van der Waals surface area contributed by atoms with Crippen molar-refractivity contribution >= 4 is 11.7 Å². The summed E-state index contributed by atoms with van der Waals surface area (Å²) in [4.78, 5) is 13.0. The third-order valence-electron chi connectivity index (χ3n) is 4.44. The van der Waals surface area contributed by atoms with E-state index in [2.05, 4.69) is 10.4 Å². The van der Waals surface area contributed by atoms with Crippen molar-refractivity contribution in [3.8, 4) is 17.2 Å². The third kappa shape index (κ3) is 4.39. The van der Waals surface area contributed by atoms with E-state index in [1.807, 2.05) is 26.8 Å². The minimum absolute atomic E-state index is 0.234. The Labute approximate surface area is 169 Å². The first-order valence-corrected chi connectivity index (χ1v) is 9.13. The van der Waals surface area contributed by atoms with Gasteiger partial charge in [0.1, 0.15) is 23.1 Å². The molecule has 1 heterocycles. The number of methoxy groups -OCH3 is 2. The van der Waals surface area contributed by atoms with Crippen molar-refractivity contribution in [2.45, 2.75) is 26.2 Å². The molecule has 1 aromatic heterocycles. The highest BCUT2D eigenvalue weighted by atomic mass is 19.1. The monoisotopic (exact) mass is 397 g/mol. The maximum absolute atomic E-state index is 13.4. The van der Waals surface area contributed by atoms with E-state index in [1.54, 1.807) is 42.1 Å². The van der Waals surface area contributed by atoms with Crippen molar-refractivity contribution in [3.05, 3.63) is 65.6 Å². The zero-order valence-corrected chi connectivity index (χ0v) is 17.1. The Morgan fingerprint density at radius 3 is 2.31 bits per heavy atom. The van der Waals surface area contributed by atoms with Crippen molar-refractivity contribution in [1.29, 1.82) is 0 Å². The number of hydrogen-bond acceptors (Lipinski definition) is 4. The fraction of sp³-hybridized carbons (Fsp3) is 0.273. The lowest BCUT2D eigenvalue weighted by Gasteiger charge is -2.14. The lowest BCUT2D eigenvalue weighted by atomic mass is 9.92. The molecule has 0 saturated carbocycles. The predicted molar refractivity (Wildman–Crippen MR) is 110 cm³/mol. The Hall–Kier alpha value is -3.35. The van der Waals surface area contributed by atoms with Gasteiger partial charge in [-0.3, -0.25) is 4.79 Å². The molecule has 0 aliphatic heterocycles. The molecule has 7 heteroatoms. The van der Waals surface area contributed by atoms with Crippen LogP contribution in [0.2, 0.25) is 0 Å². The first-order valence-electron chi connectivity index (χ1n) is 9.13. The average molecular weight is 397 g/mol. The summed E-state index contributed by atoms with van der Waals surface area (Å²) in [5.41, 5.74) is 1.55. The van der Waals surface area contributed by atoms with Crippen molar-refractivity contribution in [2.24, 2.45) is 0 Å². The number of halogens is 1. The predicted octanol–water partition coefficient (Wildman–Crippen LogP) is 4.58. The summed E-state index contributed by atoms with van der Waals surface area (Å²) < 4.78 is 25.5. The highest BCUT2D eigenvalue weighted by molar-refractivity contribution is 6.06. The van der Waals surface area contributed by atoms with Gasteiger partial charge in [0.05, 0.1) is 31.2 Å². The minimum atomic E-state index is -0.353. The van der Waals surface area contributed by atoms with Gasteiger partial charge in [-0.1, -0.05) is 20.8 Å². The molecular formula is C22H24FN3O3. The Morgan fingerprint density at radius 1 is 1.03 bits per heavy atom. The van der Waals surface area contributed by atoms with E-state index in [0.717, 1.165) is 5.69 Å². The standard InChI is InChI=1S/C22H24FN3O3/c1-22(2,3)19-13-20(26(25-19)15-8-6-14(23)7-9-15)24-21(27)17-11-10-16(28-4)12-18(17)29-5/h6-13H,1-5H3,(H,24,27). The number of hydrogen-bond donors (Lipinski definition) is 1. The van der Waals surface area contributed by atoms with Crippen LogP contribution in [0.4, 0.5) is 10.2 Å². The third-order valence-corrected chi connectivity index (χ3v) is 4.44. The van der Waals surface area contributed by atoms with Gasteiger partial charge in [0.15, 0.2) is 0 Å². The van der Waals surface area contributed by atoms with Crippen LogP contribution in [-0.4, -0.2) is 29.9 Å². The van der Waals surface area contributed by atoms with Crippen LogP contribution in [-0.2, 0) is 5.41 Å². The first-order chi connectivity index (χ1) is 13.7. The number of benzene rings is 2. The molecule has 1 amide bonds. The van der Waals surface area contributed by atoms with Gasteiger partial charge >= 0.3 is 0 Å². The summed E-state index contributed by atoms with van der Waals surface area (Å²) in [6, 6.07) is 12.7. The number of rotatable bonds is 5. The van der Waals surface area contributed by atoms with Crippen LogP contribution < -0.4 is 14.8 Å². The smallest absolute Gasteiger partial charge is 0.260 e. The Bertz CT molecular complexity index is 1020. The van der Waals surface area contributed by atoms with Crippen LogP contribution in [0, 0.1) is 5.82 Å². The number of anilines is 1. The summed E-state index contributed by atoms with van der Waals surface area (Å²) in [6.45, 7) is 6.09. The average Bonchev–Trinajstić information content (AvgIpc) is 3.12. The Kier molecular flexibility index (Phi) is 5.59. The maximum Gasteiger partial charge on any atom is 0.260 e. The molecule has 2 aromatic carbocycles. The molecule has 0 atom stereocenters. The summed E-state index contributed by atoms with van der Waals surface area (Å²) in [5, 5.41) is 7.52. The van der Waals surface area contributed by atoms with Gasteiger partial charge in [-0.05, 0) is 36.4 Å². The fourth-order valence-electron chi connectivity index (χ4n) is 2.79. The largest absolute Gasteiger partial charge is 0.497 e. The molecule has 3 aromatic rings. The zero-order chi connectivity index (χ0) is 21.2. The molecular weight excluding hydrogens is 373 g/mol. The zero-order valence-electron chi connectivity index (χ0n) is 17.1. The Balaban J connectivity index is 2.01. The lowest BCUT2D eigenvalue weighted by molar-refractivity contribution is 0.102. The Morgan fingerprint density at radius 2 is 1.72 bits per heavy atom. The van der Waals surface area contributed by atoms with Crippen molar-refractivity contribution in [3.63, 3.8) is 0 Å². The van der Waals surface area contributed by atoms with Crippen LogP contribution in [0.1, 0.15) is 36.8 Å². The summed E-state index contributed by atoms with van der Waals surface area (Å²) >= 11 is 0. The van der Waals surface area contributed by atoms with Gasteiger partial charge in [0.2, 0.25) is 0 Å². The molecule has 0 fully saturated rings. The molecule has 0 radical (unpaired) electrons. The molecule has 6 nitrogen and oxygen atoms in total. The molecule has 29 heavy (non-hydrogen) atoms. The van der Waals surface area contributed by atoms with Crippen LogP contribution >= 0.6 is 0 Å². The van der Waals surface area contributed by atoms with E-state index in [0.29, 0.717) is 28.6 Å². The lowest BCUT2D eigenvalue weighted by Crippen LogP contribution is -2.16. The number of carbonyl (C=O) groups is 1. The number of amides is 1. The molecule has 0 aliphatic rings. The van der Waals surface area contributed by atoms with E-state index >= 15 is 0 Å². The summed E-state index contributed by atoms with van der Waals surface area (Å²) in [6.07, 6.45) is 0. The van der Waals surface area contributed by atoms with Crippen LogP contribution in [0.3, 0.4) is 0 Å². The fourth-order valence-corrected chi connectivity index (χ4v) is 2.79. The van der Waals surface area contributed by atoms with Gasteiger partial charge in [-0.2, -0.15) is 5.10 Å². The van der Waals surface area contributed by atoms with Crippen LogP contribution in [0.15, 0.2) is 48.5 Å². The molecule has 0 bridgehead atoms. The molecule has 0 saturated heterocycles. The van der Waals surface area contributed by atoms with Crippen molar-refractivity contribution in [2.75, 3.05) is 19.5 Å². The summed E-state index contributed by atoms with van der Waals surface area (Å²) in [5.74, 6) is 0.763. The van der Waals surface area contributed by atoms with Crippen molar-refractivity contribution < 1.29 is 18.7 Å². The van der Waals surface area contributed by atoms with Gasteiger partial charge in [0.25, 0.3) is 5.91 Å². The normalized spacial score (nSPS) is 11.2. The quantitative estimate of drug-likeness (QED) is 0.685. The SMILES string of the molecule is COc1ccc(C(=O)Nc2cc(C(C)(C)C)nn2-c2ccc(F)cc2)c(OC)c1. The number of nitrogens with one attached hydrogen (secondary N) is 1. The number of carbonyl (C=O) groups excluding carboxylic acids is 1. The number of nitrogens with zero attached hydrogens (tertiary/aromatic N) is 2. The van der Waals surface area contributed by atoms with Crippen molar-refractivity contribution in [1.82, 2.24) is 9.78 Å². The second kappa shape index (κ2) is 7.95. The molecule has 152 valence electrons. The molecule has 3 rings (SSSR count). The van der Waals surface area contributed by atoms with E-state index in [9.17, 15) is 9.18 Å². The van der Waals surface area contributed by atoms with E-state index < -0.39 is 0 Å². The molecule has 1 N–H and O–H groups in total. The van der Waals surface area contributed by atoms with Gasteiger partial charge in [-0.25, -0.2) is 9.07 Å². The van der Waals surface area contributed by atoms with Gasteiger partial charge < -0.3 is 14.8 Å². The van der Waals surface area contributed by atoms with Gasteiger partial charge in [0, 0.05) is 17.5 Å². The second-order valence-electron chi connectivity index (χ2n) is 7.57. The van der Waals surface area contributed by atoms with Crippen LogP contribution in [0.25, 0.3) is 5.69 Å². The highest BCUT2D eigenvalue weighted by Gasteiger charge is 2.23. The minimum Gasteiger partial charge on any atom is -0.497 e. The number of aromatic nitrogens is 2. The van der Waals surface area contributed by atoms with E-state index in [1.165, 1.54) is 19.2 Å². The molecule has 0 spiro atoms. The van der Waals surface area contributed by atoms with E-state index in [4.69, 9.17) is 9.47 Å². The molecule has 0 unspecified atom stereocenters. The molecule has 0 aliphatic carbocycles. The second-order valence-corrected chi connectivity index (χ2v) is 7.57.